The summed E-state index contributed by atoms with van der Waals surface area (Å²) in [6.07, 6.45) is 2.20. The second kappa shape index (κ2) is 4.98. The lowest BCUT2D eigenvalue weighted by atomic mass is 10.0. The van der Waals surface area contributed by atoms with Crippen LogP contribution in [0.25, 0.3) is 0 Å². The molecule has 2 rings (SSSR count). The van der Waals surface area contributed by atoms with Crippen molar-refractivity contribution in [2.75, 3.05) is 5.32 Å². The molecule has 20 heavy (non-hydrogen) atoms. The van der Waals surface area contributed by atoms with Crippen molar-refractivity contribution in [3.8, 4) is 5.75 Å². The maximum atomic E-state index is 11.6. The number of nitrogens with two attached hydrogens (primary N) is 1. The Hall–Kier alpha value is -1.75. The van der Waals surface area contributed by atoms with Gasteiger partial charge < -0.3 is 15.6 Å². The number of benzene rings is 1. The van der Waals surface area contributed by atoms with Crippen LogP contribution in [0.5, 0.6) is 5.75 Å². The number of hydrogen-bond acceptors (Lipinski definition) is 4. The number of ether oxygens (including phenoxy) is 1. The molecule has 1 saturated carbocycles. The second-order valence-corrected chi connectivity index (χ2v) is 6.52. The monoisotopic (exact) mass is 278 g/mol. The van der Waals surface area contributed by atoms with Crippen LogP contribution in [0.1, 0.15) is 39.2 Å². The topological polar surface area (TPSA) is 84.6 Å². The average molecular weight is 278 g/mol. The highest BCUT2D eigenvalue weighted by Gasteiger charge is 2.38. The molecule has 0 aliphatic heterocycles. The van der Waals surface area contributed by atoms with E-state index in [2.05, 4.69) is 5.32 Å². The van der Waals surface area contributed by atoms with Gasteiger partial charge in [0.1, 0.15) is 11.4 Å². The second-order valence-electron chi connectivity index (χ2n) is 6.52. The van der Waals surface area contributed by atoms with Gasteiger partial charge in [0.25, 0.3) is 0 Å². The summed E-state index contributed by atoms with van der Waals surface area (Å²) in [5.74, 6) is 0.0256. The third-order valence-corrected chi connectivity index (χ3v) is 3.15. The number of carbonyl (C=O) groups excluding carboxylic acids is 1. The average Bonchev–Trinajstić information content (AvgIpc) is 2.97. The summed E-state index contributed by atoms with van der Waals surface area (Å²) in [6.45, 7) is 5.35. The highest BCUT2D eigenvalue weighted by Crippen LogP contribution is 2.37. The van der Waals surface area contributed by atoms with E-state index in [1.807, 2.05) is 6.07 Å². The number of aromatic hydroxyl groups is 1. The van der Waals surface area contributed by atoms with Crippen molar-refractivity contribution in [3.05, 3.63) is 23.8 Å². The van der Waals surface area contributed by atoms with Crippen LogP contribution in [0.3, 0.4) is 0 Å². The van der Waals surface area contributed by atoms with Gasteiger partial charge in [-0.05, 0) is 57.7 Å². The first kappa shape index (κ1) is 14.7. The first-order valence-corrected chi connectivity index (χ1v) is 6.78. The van der Waals surface area contributed by atoms with E-state index >= 15 is 0 Å². The minimum absolute atomic E-state index is 0.0256. The van der Waals surface area contributed by atoms with Crippen molar-refractivity contribution >= 4 is 11.8 Å². The highest BCUT2D eigenvalue weighted by molar-refractivity contribution is 5.86. The fourth-order valence-electron chi connectivity index (χ4n) is 1.95. The van der Waals surface area contributed by atoms with Crippen LogP contribution in [0.2, 0.25) is 0 Å². The Kier molecular flexibility index (Phi) is 3.65. The lowest BCUT2D eigenvalue weighted by Gasteiger charge is -2.20. The third-order valence-electron chi connectivity index (χ3n) is 3.15. The van der Waals surface area contributed by atoms with Gasteiger partial charge in [-0.15, -0.1) is 0 Å². The number of nitrogens with one attached hydrogen (secondary N) is 1. The van der Waals surface area contributed by atoms with Gasteiger partial charge >= 0.3 is 6.09 Å². The Morgan fingerprint density at radius 2 is 2.10 bits per heavy atom. The van der Waals surface area contributed by atoms with Crippen molar-refractivity contribution in [1.29, 1.82) is 0 Å². The molecule has 1 aliphatic carbocycles. The Labute approximate surface area is 119 Å². The molecule has 0 bridgehead atoms. The lowest BCUT2D eigenvalue weighted by Crippen LogP contribution is -2.27. The molecule has 110 valence electrons. The van der Waals surface area contributed by atoms with Crippen LogP contribution in [0, 0.1) is 0 Å². The molecule has 1 aromatic carbocycles. The Balaban J connectivity index is 2.00. The molecule has 1 fully saturated rings. The van der Waals surface area contributed by atoms with Gasteiger partial charge in [-0.3, -0.25) is 5.32 Å². The zero-order valence-electron chi connectivity index (χ0n) is 12.2. The molecule has 0 saturated heterocycles. The first-order chi connectivity index (χ1) is 9.17. The maximum absolute atomic E-state index is 11.6. The van der Waals surface area contributed by atoms with E-state index in [1.54, 1.807) is 32.9 Å². The summed E-state index contributed by atoms with van der Waals surface area (Å²) in [5, 5.41) is 12.5. The van der Waals surface area contributed by atoms with Crippen molar-refractivity contribution < 1.29 is 14.6 Å². The quantitative estimate of drug-likeness (QED) is 0.742. The summed E-state index contributed by atoms with van der Waals surface area (Å²) in [4.78, 5) is 11.6. The van der Waals surface area contributed by atoms with Crippen LogP contribution < -0.4 is 11.1 Å². The lowest BCUT2D eigenvalue weighted by molar-refractivity contribution is 0.0635. The normalized spacial score (nSPS) is 16.6. The predicted octanol–water partition coefficient (Wildman–Crippen LogP) is 2.77. The van der Waals surface area contributed by atoms with Crippen LogP contribution in [-0.2, 0) is 11.2 Å². The molecule has 4 N–H and O–H groups in total. The van der Waals surface area contributed by atoms with Gasteiger partial charge in [0.15, 0.2) is 0 Å². The maximum Gasteiger partial charge on any atom is 0.412 e. The van der Waals surface area contributed by atoms with E-state index in [9.17, 15) is 9.90 Å². The fraction of sp³-hybridized carbons (Fsp3) is 0.533. The molecule has 1 aliphatic rings. The van der Waals surface area contributed by atoms with Crippen molar-refractivity contribution in [2.24, 2.45) is 5.73 Å². The molecule has 0 radical (unpaired) electrons. The Bertz CT molecular complexity index is 516. The summed E-state index contributed by atoms with van der Waals surface area (Å²) in [6, 6.07) is 5.17. The van der Waals surface area contributed by atoms with E-state index in [4.69, 9.17) is 10.5 Å². The van der Waals surface area contributed by atoms with E-state index in [0.717, 1.165) is 24.8 Å². The number of anilines is 1. The van der Waals surface area contributed by atoms with Gasteiger partial charge in [0.05, 0.1) is 5.69 Å². The van der Waals surface area contributed by atoms with Gasteiger partial charge in [0.2, 0.25) is 0 Å². The van der Waals surface area contributed by atoms with E-state index in [0.29, 0.717) is 5.69 Å². The molecule has 1 aromatic rings. The Morgan fingerprint density at radius 1 is 1.45 bits per heavy atom. The molecule has 0 unspecified atom stereocenters. The number of rotatable bonds is 3. The van der Waals surface area contributed by atoms with Crippen molar-refractivity contribution in [1.82, 2.24) is 0 Å². The SMILES string of the molecule is CC(C)(C)OC(=O)Nc1ccc(CC2(N)CC2)cc1O. The van der Waals surface area contributed by atoms with Gasteiger partial charge in [-0.25, -0.2) is 4.79 Å². The molecule has 1 amide bonds. The van der Waals surface area contributed by atoms with Gasteiger partial charge in [-0.1, -0.05) is 6.07 Å². The van der Waals surface area contributed by atoms with Gasteiger partial charge in [-0.2, -0.15) is 0 Å². The summed E-state index contributed by atoms with van der Waals surface area (Å²) >= 11 is 0. The first-order valence-electron chi connectivity index (χ1n) is 6.78. The fourth-order valence-corrected chi connectivity index (χ4v) is 1.95. The molecule has 0 spiro atoms. The van der Waals surface area contributed by atoms with E-state index in [-0.39, 0.29) is 11.3 Å². The number of amides is 1. The van der Waals surface area contributed by atoms with Crippen LogP contribution in [0.4, 0.5) is 10.5 Å². The Morgan fingerprint density at radius 3 is 2.60 bits per heavy atom. The third kappa shape index (κ3) is 4.13. The number of carbonyl (C=O) groups is 1. The summed E-state index contributed by atoms with van der Waals surface area (Å²) < 4.78 is 5.14. The van der Waals surface area contributed by atoms with Crippen LogP contribution in [-0.4, -0.2) is 22.3 Å². The van der Waals surface area contributed by atoms with E-state index in [1.165, 1.54) is 0 Å². The summed E-state index contributed by atoms with van der Waals surface area (Å²) in [7, 11) is 0. The zero-order valence-corrected chi connectivity index (χ0v) is 12.2. The van der Waals surface area contributed by atoms with Crippen LogP contribution in [0.15, 0.2) is 18.2 Å². The van der Waals surface area contributed by atoms with Crippen molar-refractivity contribution in [3.63, 3.8) is 0 Å². The largest absolute Gasteiger partial charge is 0.506 e. The molecule has 0 aromatic heterocycles. The van der Waals surface area contributed by atoms with E-state index < -0.39 is 11.7 Å². The number of hydrogen-bond donors (Lipinski definition) is 3. The zero-order chi connectivity index (χ0) is 15.0. The van der Waals surface area contributed by atoms with Gasteiger partial charge in [0, 0.05) is 5.54 Å². The summed E-state index contributed by atoms with van der Waals surface area (Å²) in [5.41, 5.74) is 6.68. The molecule has 0 heterocycles. The minimum Gasteiger partial charge on any atom is -0.506 e. The molecule has 5 nitrogen and oxygen atoms in total. The standard InChI is InChI=1S/C15H22N2O3/c1-14(2,3)20-13(19)17-11-5-4-10(8-12(11)18)9-15(16)6-7-15/h4-5,8,18H,6-7,9,16H2,1-3H3,(H,17,19). The number of phenolic OH excluding ortho intramolecular Hbond substituents is 1. The molecule has 0 atom stereocenters. The highest BCUT2D eigenvalue weighted by atomic mass is 16.6. The molecule has 5 heteroatoms. The molecular weight excluding hydrogens is 256 g/mol. The van der Waals surface area contributed by atoms with Crippen molar-refractivity contribution in [2.45, 2.75) is 51.2 Å². The van der Waals surface area contributed by atoms with Crippen LogP contribution >= 0.6 is 0 Å². The predicted molar refractivity (Wildman–Crippen MR) is 77.8 cm³/mol. The smallest absolute Gasteiger partial charge is 0.412 e. The minimum atomic E-state index is -0.585. The number of phenols is 1. The molecular formula is C15H22N2O3.